The van der Waals surface area contributed by atoms with Gasteiger partial charge in [-0.3, -0.25) is 14.5 Å². The first-order valence-electron chi connectivity index (χ1n) is 12.2. The number of nitrogens with one attached hydrogen (secondary N) is 1. The molecule has 8 nitrogen and oxygen atoms in total. The first-order valence-corrected chi connectivity index (χ1v) is 12.2. The van der Waals surface area contributed by atoms with E-state index in [0.717, 1.165) is 17.5 Å². The first kappa shape index (κ1) is 24.7. The fourth-order valence-electron chi connectivity index (χ4n) is 5.09. The van der Waals surface area contributed by atoms with Gasteiger partial charge in [0, 0.05) is 38.0 Å². The van der Waals surface area contributed by atoms with Crippen LogP contribution in [0, 0.1) is 0 Å². The molecule has 1 aliphatic carbocycles. The number of carbonyl (C=O) groups is 3. The van der Waals surface area contributed by atoms with Crippen molar-refractivity contribution in [3.63, 3.8) is 0 Å². The number of rotatable bonds is 8. The van der Waals surface area contributed by atoms with Crippen LogP contribution in [0.4, 0.5) is 4.79 Å². The molecule has 186 valence electrons. The standard InChI is InChI=1S/C27H33N3O5/c1-3-8-18(15-25(31)30-14-13-29(2)24(16-30)26(32)33)28-27(34)35-17-23-21-11-6-4-9-19(21)20-10-5-7-12-22(20)23/h4-7,9-12,18,23-24H,3,8,13-17H2,1-2H3,(H,28,34)(H,32,33)/t18-,24?/m0/s1. The van der Waals surface area contributed by atoms with E-state index >= 15 is 0 Å². The number of fused-ring (bicyclic) bond motifs is 3. The summed E-state index contributed by atoms with van der Waals surface area (Å²) in [7, 11) is 1.75. The van der Waals surface area contributed by atoms with Gasteiger partial charge < -0.3 is 20.1 Å². The number of alkyl carbamates (subject to hydrolysis) is 1. The largest absolute Gasteiger partial charge is 0.480 e. The zero-order valence-corrected chi connectivity index (χ0v) is 20.3. The van der Waals surface area contributed by atoms with E-state index in [4.69, 9.17) is 4.74 Å². The van der Waals surface area contributed by atoms with Crippen LogP contribution < -0.4 is 5.32 Å². The highest BCUT2D eigenvalue weighted by Crippen LogP contribution is 2.44. The Kier molecular flexibility index (Phi) is 7.70. The molecule has 2 amide bonds. The number of carboxylic acids is 1. The van der Waals surface area contributed by atoms with Gasteiger partial charge in [0.15, 0.2) is 0 Å². The van der Waals surface area contributed by atoms with Crippen molar-refractivity contribution in [2.45, 2.75) is 44.2 Å². The zero-order valence-electron chi connectivity index (χ0n) is 20.3. The predicted molar refractivity (Wildman–Crippen MR) is 132 cm³/mol. The molecule has 2 aliphatic rings. The Labute approximate surface area is 205 Å². The average Bonchev–Trinajstić information content (AvgIpc) is 3.16. The topological polar surface area (TPSA) is 99.2 Å². The fraction of sp³-hybridized carbons (Fsp3) is 0.444. The fourth-order valence-corrected chi connectivity index (χ4v) is 5.09. The molecule has 8 heteroatoms. The zero-order chi connectivity index (χ0) is 24.9. The Hall–Kier alpha value is -3.39. The summed E-state index contributed by atoms with van der Waals surface area (Å²) in [6.45, 7) is 3.33. The molecular weight excluding hydrogens is 446 g/mol. The molecule has 4 rings (SSSR count). The lowest BCUT2D eigenvalue weighted by Crippen LogP contribution is -2.56. The molecule has 0 bridgehead atoms. The summed E-state index contributed by atoms with van der Waals surface area (Å²) >= 11 is 0. The second kappa shape index (κ2) is 10.9. The molecule has 35 heavy (non-hydrogen) atoms. The van der Waals surface area contributed by atoms with Crippen molar-refractivity contribution in [1.29, 1.82) is 0 Å². The van der Waals surface area contributed by atoms with Crippen LogP contribution in [0.3, 0.4) is 0 Å². The van der Waals surface area contributed by atoms with E-state index in [-0.39, 0.29) is 37.4 Å². The number of aliphatic carboxylic acids is 1. The lowest BCUT2D eigenvalue weighted by Gasteiger charge is -2.37. The average molecular weight is 480 g/mol. The molecule has 0 aromatic heterocycles. The second-order valence-corrected chi connectivity index (χ2v) is 9.33. The molecule has 1 heterocycles. The smallest absolute Gasteiger partial charge is 0.407 e. The monoisotopic (exact) mass is 479 g/mol. The first-order chi connectivity index (χ1) is 16.9. The van der Waals surface area contributed by atoms with Crippen molar-refractivity contribution >= 4 is 18.0 Å². The van der Waals surface area contributed by atoms with Crippen LogP contribution in [-0.4, -0.2) is 78.2 Å². The van der Waals surface area contributed by atoms with E-state index in [9.17, 15) is 19.5 Å². The maximum atomic E-state index is 12.9. The molecule has 1 aliphatic heterocycles. The Balaban J connectivity index is 1.35. The minimum atomic E-state index is -0.938. The van der Waals surface area contributed by atoms with Gasteiger partial charge in [-0.1, -0.05) is 61.9 Å². The van der Waals surface area contributed by atoms with Gasteiger partial charge in [0.2, 0.25) is 5.91 Å². The van der Waals surface area contributed by atoms with E-state index < -0.39 is 18.1 Å². The Morgan fingerprint density at radius 3 is 2.29 bits per heavy atom. The molecule has 0 saturated carbocycles. The summed E-state index contributed by atoms with van der Waals surface area (Å²) < 4.78 is 5.65. The Bertz CT molecular complexity index is 1040. The highest BCUT2D eigenvalue weighted by atomic mass is 16.5. The quantitative estimate of drug-likeness (QED) is 0.603. The summed E-state index contributed by atoms with van der Waals surface area (Å²) in [4.78, 5) is 40.4. The van der Waals surface area contributed by atoms with Crippen molar-refractivity contribution < 1.29 is 24.2 Å². The third kappa shape index (κ3) is 5.48. The number of carboxylic acid groups (broad SMARTS) is 1. The minimum Gasteiger partial charge on any atom is -0.480 e. The van der Waals surface area contributed by atoms with Crippen molar-refractivity contribution in [3.8, 4) is 11.1 Å². The second-order valence-electron chi connectivity index (χ2n) is 9.33. The van der Waals surface area contributed by atoms with E-state index in [1.807, 2.05) is 31.2 Å². The van der Waals surface area contributed by atoms with Gasteiger partial charge in [-0.05, 0) is 35.7 Å². The van der Waals surface area contributed by atoms with Crippen LogP contribution in [0.1, 0.15) is 43.2 Å². The van der Waals surface area contributed by atoms with Gasteiger partial charge in [0.05, 0.1) is 0 Å². The Morgan fingerprint density at radius 2 is 1.69 bits per heavy atom. The lowest BCUT2D eigenvalue weighted by atomic mass is 9.98. The third-order valence-electron chi connectivity index (χ3n) is 7.01. The van der Waals surface area contributed by atoms with Gasteiger partial charge in [-0.15, -0.1) is 0 Å². The van der Waals surface area contributed by atoms with Crippen LogP contribution in [-0.2, 0) is 14.3 Å². The summed E-state index contributed by atoms with van der Waals surface area (Å²) in [5.74, 6) is -1.12. The number of benzene rings is 2. The number of hydrogen-bond acceptors (Lipinski definition) is 5. The van der Waals surface area contributed by atoms with Crippen molar-refractivity contribution in [3.05, 3.63) is 59.7 Å². The van der Waals surface area contributed by atoms with Crippen LogP contribution in [0.2, 0.25) is 0 Å². The van der Waals surface area contributed by atoms with E-state index in [1.165, 1.54) is 11.1 Å². The van der Waals surface area contributed by atoms with Gasteiger partial charge in [0.1, 0.15) is 12.6 Å². The number of likely N-dealkylation sites (N-methyl/N-ethyl adjacent to an activating group) is 1. The van der Waals surface area contributed by atoms with Crippen molar-refractivity contribution in [1.82, 2.24) is 15.1 Å². The van der Waals surface area contributed by atoms with Gasteiger partial charge >= 0.3 is 12.1 Å². The van der Waals surface area contributed by atoms with E-state index in [0.29, 0.717) is 19.5 Å². The molecule has 0 radical (unpaired) electrons. The number of piperazine rings is 1. The molecule has 2 atom stereocenters. The van der Waals surface area contributed by atoms with Crippen molar-refractivity contribution in [2.24, 2.45) is 0 Å². The summed E-state index contributed by atoms with van der Waals surface area (Å²) in [5.41, 5.74) is 4.62. The summed E-state index contributed by atoms with van der Waals surface area (Å²) in [6, 6.07) is 15.2. The number of hydrogen-bond donors (Lipinski definition) is 2. The summed E-state index contributed by atoms with van der Waals surface area (Å²) in [5, 5.41) is 12.3. The SMILES string of the molecule is CCC[C@@H](CC(=O)N1CCN(C)C(C(=O)O)C1)NC(=O)OCC1c2ccccc2-c2ccccc21. The number of nitrogens with zero attached hydrogens (tertiary/aromatic N) is 2. The van der Waals surface area contributed by atoms with Gasteiger partial charge in [-0.25, -0.2) is 4.79 Å². The molecule has 1 fully saturated rings. The Morgan fingerprint density at radius 1 is 1.06 bits per heavy atom. The van der Waals surface area contributed by atoms with Gasteiger partial charge in [0.25, 0.3) is 0 Å². The van der Waals surface area contributed by atoms with Crippen LogP contribution >= 0.6 is 0 Å². The maximum absolute atomic E-state index is 12.9. The third-order valence-corrected chi connectivity index (χ3v) is 7.01. The van der Waals surface area contributed by atoms with Crippen molar-refractivity contribution in [2.75, 3.05) is 33.3 Å². The highest BCUT2D eigenvalue weighted by molar-refractivity contribution is 5.81. The predicted octanol–water partition coefficient (Wildman–Crippen LogP) is 3.31. The number of amides is 2. The summed E-state index contributed by atoms with van der Waals surface area (Å²) in [6.07, 6.45) is 1.00. The number of ether oxygens (including phenoxy) is 1. The highest BCUT2D eigenvalue weighted by Gasteiger charge is 2.33. The van der Waals surface area contributed by atoms with Crippen LogP contribution in [0.25, 0.3) is 11.1 Å². The molecule has 0 spiro atoms. The minimum absolute atomic E-state index is 0.0299. The van der Waals surface area contributed by atoms with Gasteiger partial charge in [-0.2, -0.15) is 0 Å². The molecule has 2 N–H and O–H groups in total. The molecule has 2 aromatic rings. The molecular formula is C27H33N3O5. The van der Waals surface area contributed by atoms with E-state index in [2.05, 4.69) is 29.6 Å². The molecule has 2 aromatic carbocycles. The maximum Gasteiger partial charge on any atom is 0.407 e. The molecule has 1 unspecified atom stereocenters. The lowest BCUT2D eigenvalue weighted by molar-refractivity contribution is -0.147. The van der Waals surface area contributed by atoms with Crippen LogP contribution in [0.15, 0.2) is 48.5 Å². The van der Waals surface area contributed by atoms with Crippen LogP contribution in [0.5, 0.6) is 0 Å². The number of carbonyl (C=O) groups excluding carboxylic acids is 2. The van der Waals surface area contributed by atoms with E-state index in [1.54, 1.807) is 16.8 Å². The molecule has 1 saturated heterocycles. The normalized spacial score (nSPS) is 18.5.